The molecule has 166 valence electrons. The van der Waals surface area contributed by atoms with Crippen LogP contribution in [-0.2, 0) is 22.6 Å². The highest BCUT2D eigenvalue weighted by Crippen LogP contribution is 2.22. The van der Waals surface area contributed by atoms with E-state index in [1.54, 1.807) is 19.5 Å². The summed E-state index contributed by atoms with van der Waals surface area (Å²) >= 11 is 0. The Morgan fingerprint density at radius 2 is 1.97 bits per heavy atom. The van der Waals surface area contributed by atoms with Crippen LogP contribution in [0.4, 0.5) is 0 Å². The number of methoxy groups -OCH3 is 1. The minimum Gasteiger partial charge on any atom is -0.497 e. The molecule has 0 aliphatic carbocycles. The summed E-state index contributed by atoms with van der Waals surface area (Å²) in [4.78, 5) is 34.0. The summed E-state index contributed by atoms with van der Waals surface area (Å²) < 4.78 is 5.19. The van der Waals surface area contributed by atoms with Crippen molar-refractivity contribution in [3.8, 4) is 5.75 Å². The van der Waals surface area contributed by atoms with Crippen molar-refractivity contribution in [2.24, 2.45) is 5.92 Å². The largest absolute Gasteiger partial charge is 0.497 e. The first kappa shape index (κ1) is 22.8. The number of hydrogen-bond acceptors (Lipinski definition) is 4. The minimum atomic E-state index is -0.0854. The third-order valence-electron chi connectivity index (χ3n) is 5.83. The molecule has 1 aliphatic rings. The SMILES string of the molecule is COc1ccc(CCC(=O)N2CCCC(N(Cc3cccnc3)C(=O)C(C)C)C2)cc1. The molecular formula is C25H33N3O3. The van der Waals surface area contributed by atoms with Crippen LogP contribution in [0.1, 0.15) is 44.2 Å². The van der Waals surface area contributed by atoms with Crippen LogP contribution in [0.5, 0.6) is 5.75 Å². The molecule has 1 aromatic carbocycles. The van der Waals surface area contributed by atoms with Crippen LogP contribution < -0.4 is 4.74 Å². The van der Waals surface area contributed by atoms with E-state index in [2.05, 4.69) is 4.98 Å². The second kappa shape index (κ2) is 10.9. The van der Waals surface area contributed by atoms with Crippen LogP contribution in [0.2, 0.25) is 0 Å². The number of aryl methyl sites for hydroxylation is 1. The van der Waals surface area contributed by atoms with Gasteiger partial charge < -0.3 is 14.5 Å². The molecule has 3 rings (SSSR count). The number of pyridine rings is 1. The molecule has 0 spiro atoms. The van der Waals surface area contributed by atoms with E-state index in [4.69, 9.17) is 4.74 Å². The van der Waals surface area contributed by atoms with Crippen molar-refractivity contribution in [2.75, 3.05) is 20.2 Å². The van der Waals surface area contributed by atoms with Gasteiger partial charge in [0.25, 0.3) is 0 Å². The molecule has 2 heterocycles. The second-order valence-electron chi connectivity index (χ2n) is 8.47. The van der Waals surface area contributed by atoms with E-state index in [1.165, 1.54) is 0 Å². The van der Waals surface area contributed by atoms with Gasteiger partial charge in [-0.1, -0.05) is 32.0 Å². The molecule has 0 bridgehead atoms. The van der Waals surface area contributed by atoms with Crippen molar-refractivity contribution in [3.63, 3.8) is 0 Å². The Labute approximate surface area is 185 Å². The zero-order valence-electron chi connectivity index (χ0n) is 18.8. The van der Waals surface area contributed by atoms with Gasteiger partial charge in [-0.3, -0.25) is 14.6 Å². The molecule has 1 saturated heterocycles. The Balaban J connectivity index is 1.63. The Hall–Kier alpha value is -2.89. The van der Waals surface area contributed by atoms with Gasteiger partial charge in [-0.15, -0.1) is 0 Å². The van der Waals surface area contributed by atoms with Gasteiger partial charge in [0.1, 0.15) is 5.75 Å². The molecule has 1 unspecified atom stereocenters. The topological polar surface area (TPSA) is 62.7 Å². The molecule has 1 atom stereocenters. The molecule has 0 N–H and O–H groups in total. The fourth-order valence-corrected chi connectivity index (χ4v) is 4.04. The van der Waals surface area contributed by atoms with Gasteiger partial charge >= 0.3 is 0 Å². The van der Waals surface area contributed by atoms with Crippen molar-refractivity contribution in [3.05, 3.63) is 59.9 Å². The van der Waals surface area contributed by atoms with Crippen LogP contribution in [0, 0.1) is 5.92 Å². The highest BCUT2D eigenvalue weighted by atomic mass is 16.5. The number of benzene rings is 1. The van der Waals surface area contributed by atoms with Gasteiger partial charge in [-0.2, -0.15) is 0 Å². The summed E-state index contributed by atoms with van der Waals surface area (Å²) in [7, 11) is 1.65. The molecule has 0 saturated carbocycles. The van der Waals surface area contributed by atoms with Crippen molar-refractivity contribution < 1.29 is 14.3 Å². The first-order valence-corrected chi connectivity index (χ1v) is 11.1. The van der Waals surface area contributed by atoms with E-state index >= 15 is 0 Å². The summed E-state index contributed by atoms with van der Waals surface area (Å²) in [5.41, 5.74) is 2.13. The normalized spacial score (nSPS) is 16.3. The van der Waals surface area contributed by atoms with E-state index in [9.17, 15) is 9.59 Å². The molecule has 31 heavy (non-hydrogen) atoms. The number of carbonyl (C=O) groups is 2. The van der Waals surface area contributed by atoms with Crippen LogP contribution in [0.15, 0.2) is 48.8 Å². The molecule has 6 heteroatoms. The molecule has 1 fully saturated rings. The number of ether oxygens (including phenoxy) is 1. The Morgan fingerprint density at radius 3 is 2.61 bits per heavy atom. The summed E-state index contributed by atoms with van der Waals surface area (Å²) in [5, 5.41) is 0. The standard InChI is InChI=1S/C25H33N3O3/c1-19(2)25(30)28(17-21-6-4-14-26-16-21)22-7-5-15-27(18-22)24(29)13-10-20-8-11-23(31-3)12-9-20/h4,6,8-9,11-12,14,16,19,22H,5,7,10,13,15,17-18H2,1-3H3. The molecule has 1 aliphatic heterocycles. The number of amides is 2. The van der Waals surface area contributed by atoms with Gasteiger partial charge in [0.05, 0.1) is 7.11 Å². The molecule has 2 aromatic rings. The fraction of sp³-hybridized carbons (Fsp3) is 0.480. The molecule has 0 radical (unpaired) electrons. The lowest BCUT2D eigenvalue weighted by Gasteiger charge is -2.40. The highest BCUT2D eigenvalue weighted by molar-refractivity contribution is 5.79. The molecular weight excluding hydrogens is 390 g/mol. The summed E-state index contributed by atoms with van der Waals surface area (Å²) in [6.07, 6.45) is 6.55. The maximum absolute atomic E-state index is 13.0. The number of carbonyl (C=O) groups excluding carboxylic acids is 2. The second-order valence-corrected chi connectivity index (χ2v) is 8.47. The summed E-state index contributed by atoms with van der Waals surface area (Å²) in [5.74, 6) is 1.01. The van der Waals surface area contributed by atoms with Crippen molar-refractivity contribution >= 4 is 11.8 Å². The average Bonchev–Trinajstić information content (AvgIpc) is 2.81. The number of nitrogens with zero attached hydrogens (tertiary/aromatic N) is 3. The Bertz CT molecular complexity index is 852. The van der Waals surface area contributed by atoms with E-state index in [-0.39, 0.29) is 23.8 Å². The van der Waals surface area contributed by atoms with Crippen molar-refractivity contribution in [1.82, 2.24) is 14.8 Å². The third-order valence-corrected chi connectivity index (χ3v) is 5.83. The van der Waals surface area contributed by atoms with Gasteiger partial charge in [0.2, 0.25) is 11.8 Å². The monoisotopic (exact) mass is 423 g/mol. The van der Waals surface area contributed by atoms with Gasteiger partial charge in [0.15, 0.2) is 0 Å². The van der Waals surface area contributed by atoms with Crippen LogP contribution in [0.3, 0.4) is 0 Å². The average molecular weight is 424 g/mol. The minimum absolute atomic E-state index is 0.0359. The molecule has 2 amide bonds. The quantitative estimate of drug-likeness (QED) is 0.650. The Morgan fingerprint density at radius 1 is 1.19 bits per heavy atom. The van der Waals surface area contributed by atoms with Crippen LogP contribution in [-0.4, -0.2) is 52.8 Å². The van der Waals surface area contributed by atoms with E-state index < -0.39 is 0 Å². The van der Waals surface area contributed by atoms with Gasteiger partial charge in [-0.25, -0.2) is 0 Å². The molecule has 6 nitrogen and oxygen atoms in total. The highest BCUT2D eigenvalue weighted by Gasteiger charge is 2.31. The number of likely N-dealkylation sites (tertiary alicyclic amines) is 1. The zero-order valence-corrected chi connectivity index (χ0v) is 18.8. The lowest BCUT2D eigenvalue weighted by Crippen LogP contribution is -2.52. The smallest absolute Gasteiger partial charge is 0.225 e. The molecule has 1 aromatic heterocycles. The van der Waals surface area contributed by atoms with Crippen LogP contribution >= 0.6 is 0 Å². The number of aromatic nitrogens is 1. The third kappa shape index (κ3) is 6.29. The van der Waals surface area contributed by atoms with Crippen molar-refractivity contribution in [2.45, 2.75) is 52.1 Å². The predicted octanol–water partition coefficient (Wildman–Crippen LogP) is 3.70. The number of rotatable bonds is 8. The Kier molecular flexibility index (Phi) is 8.04. The van der Waals surface area contributed by atoms with E-state index in [0.29, 0.717) is 25.9 Å². The summed E-state index contributed by atoms with van der Waals surface area (Å²) in [6, 6.07) is 11.8. The maximum Gasteiger partial charge on any atom is 0.225 e. The van der Waals surface area contributed by atoms with Gasteiger partial charge in [0, 0.05) is 50.4 Å². The van der Waals surface area contributed by atoms with Crippen LogP contribution in [0.25, 0.3) is 0 Å². The first-order chi connectivity index (χ1) is 15.0. The number of hydrogen-bond donors (Lipinski definition) is 0. The van der Waals surface area contributed by atoms with E-state index in [1.807, 2.05) is 60.0 Å². The number of piperidine rings is 1. The predicted molar refractivity (Wildman–Crippen MR) is 121 cm³/mol. The van der Waals surface area contributed by atoms with Crippen molar-refractivity contribution in [1.29, 1.82) is 0 Å². The van der Waals surface area contributed by atoms with Gasteiger partial charge in [-0.05, 0) is 48.6 Å². The zero-order chi connectivity index (χ0) is 22.2. The lowest BCUT2D eigenvalue weighted by atomic mass is 10.00. The maximum atomic E-state index is 13.0. The van der Waals surface area contributed by atoms with E-state index in [0.717, 1.165) is 36.3 Å². The fourth-order valence-electron chi connectivity index (χ4n) is 4.04. The first-order valence-electron chi connectivity index (χ1n) is 11.1. The lowest BCUT2D eigenvalue weighted by molar-refractivity contribution is -0.142. The summed E-state index contributed by atoms with van der Waals surface area (Å²) in [6.45, 7) is 5.75.